The summed E-state index contributed by atoms with van der Waals surface area (Å²) in [4.78, 5) is 11.3. The van der Waals surface area contributed by atoms with E-state index in [9.17, 15) is 9.18 Å². The molecule has 0 spiro atoms. The first-order valence-electron chi connectivity index (χ1n) is 5.00. The Kier molecular flexibility index (Phi) is 3.34. The Morgan fingerprint density at radius 3 is 2.50 bits per heavy atom. The second-order valence-electron chi connectivity index (χ2n) is 4.75. The molecule has 1 amide bonds. The molecule has 0 aromatic carbocycles. The van der Waals surface area contributed by atoms with Crippen molar-refractivity contribution in [3.8, 4) is 0 Å². The van der Waals surface area contributed by atoms with Gasteiger partial charge in [0.1, 0.15) is 11.8 Å². The number of hydrogen-bond donors (Lipinski definition) is 1. The van der Waals surface area contributed by atoms with Gasteiger partial charge in [-0.15, -0.1) is 0 Å². The van der Waals surface area contributed by atoms with Crippen molar-refractivity contribution in [1.29, 1.82) is 0 Å². The van der Waals surface area contributed by atoms with E-state index in [4.69, 9.17) is 4.74 Å². The van der Waals surface area contributed by atoms with Crippen LogP contribution in [0.3, 0.4) is 0 Å². The summed E-state index contributed by atoms with van der Waals surface area (Å²) in [5.41, 5.74) is -0.488. The maximum atomic E-state index is 12.8. The fourth-order valence-electron chi connectivity index (χ4n) is 1.53. The third kappa shape index (κ3) is 3.94. The average molecular weight is 203 g/mol. The molecular weight excluding hydrogens is 185 g/mol. The molecule has 0 radical (unpaired) electrons. The molecular formula is C10H18FNO2. The molecule has 1 aliphatic rings. The third-order valence-electron chi connectivity index (χ3n) is 2.09. The zero-order valence-electron chi connectivity index (χ0n) is 8.97. The Labute approximate surface area is 84.0 Å². The van der Waals surface area contributed by atoms with E-state index in [-0.39, 0.29) is 6.04 Å². The van der Waals surface area contributed by atoms with E-state index in [2.05, 4.69) is 5.32 Å². The number of amides is 1. The Hall–Kier alpha value is -0.800. The van der Waals surface area contributed by atoms with Crippen LogP contribution in [0.4, 0.5) is 9.18 Å². The number of alkyl carbamates (subject to hydrolysis) is 1. The molecule has 1 N–H and O–H groups in total. The van der Waals surface area contributed by atoms with Crippen molar-refractivity contribution < 1.29 is 13.9 Å². The molecule has 2 atom stereocenters. The maximum absolute atomic E-state index is 12.8. The van der Waals surface area contributed by atoms with Gasteiger partial charge in [-0.25, -0.2) is 9.18 Å². The van der Waals surface area contributed by atoms with E-state index in [1.54, 1.807) is 20.8 Å². The number of hydrogen-bond acceptors (Lipinski definition) is 2. The van der Waals surface area contributed by atoms with Gasteiger partial charge in [-0.3, -0.25) is 0 Å². The van der Waals surface area contributed by atoms with E-state index in [0.717, 1.165) is 0 Å². The van der Waals surface area contributed by atoms with Gasteiger partial charge in [-0.2, -0.15) is 0 Å². The molecule has 0 saturated heterocycles. The molecule has 1 aliphatic carbocycles. The van der Waals surface area contributed by atoms with E-state index < -0.39 is 17.9 Å². The van der Waals surface area contributed by atoms with Gasteiger partial charge in [-0.05, 0) is 40.0 Å². The van der Waals surface area contributed by atoms with Crippen LogP contribution in [0.1, 0.15) is 40.0 Å². The van der Waals surface area contributed by atoms with Crippen molar-refractivity contribution in [2.24, 2.45) is 0 Å². The summed E-state index contributed by atoms with van der Waals surface area (Å²) >= 11 is 0. The van der Waals surface area contributed by atoms with Gasteiger partial charge in [0.15, 0.2) is 0 Å². The number of alkyl halides is 1. The fourth-order valence-corrected chi connectivity index (χ4v) is 1.53. The van der Waals surface area contributed by atoms with Crippen LogP contribution in [0.5, 0.6) is 0 Å². The van der Waals surface area contributed by atoms with Crippen LogP contribution in [-0.2, 0) is 4.74 Å². The predicted octanol–water partition coefficient (Wildman–Crippen LogP) is 2.40. The summed E-state index contributed by atoms with van der Waals surface area (Å²) < 4.78 is 17.8. The molecule has 82 valence electrons. The molecule has 4 heteroatoms. The summed E-state index contributed by atoms with van der Waals surface area (Å²) in [5, 5.41) is 2.66. The van der Waals surface area contributed by atoms with Crippen LogP contribution in [0.25, 0.3) is 0 Å². The van der Waals surface area contributed by atoms with Gasteiger partial charge in [-0.1, -0.05) is 0 Å². The van der Waals surface area contributed by atoms with E-state index in [1.807, 2.05) is 0 Å². The lowest BCUT2D eigenvalue weighted by Gasteiger charge is -2.21. The average Bonchev–Trinajstić information content (AvgIpc) is 2.30. The van der Waals surface area contributed by atoms with Crippen molar-refractivity contribution in [3.63, 3.8) is 0 Å². The number of halogens is 1. The Morgan fingerprint density at radius 2 is 2.07 bits per heavy atom. The fraction of sp³-hybridized carbons (Fsp3) is 0.900. The molecule has 1 fully saturated rings. The van der Waals surface area contributed by atoms with Crippen LogP contribution in [0.2, 0.25) is 0 Å². The minimum absolute atomic E-state index is 0.0557. The van der Waals surface area contributed by atoms with Crippen LogP contribution in [0, 0.1) is 0 Å². The van der Waals surface area contributed by atoms with Gasteiger partial charge in [0, 0.05) is 6.04 Å². The van der Waals surface area contributed by atoms with Crippen LogP contribution in [-0.4, -0.2) is 23.9 Å². The lowest BCUT2D eigenvalue weighted by atomic mass is 10.2. The van der Waals surface area contributed by atoms with E-state index in [1.165, 1.54) is 0 Å². The van der Waals surface area contributed by atoms with Gasteiger partial charge < -0.3 is 10.1 Å². The van der Waals surface area contributed by atoms with E-state index in [0.29, 0.717) is 19.3 Å². The normalized spacial score (nSPS) is 27.4. The van der Waals surface area contributed by atoms with Crippen molar-refractivity contribution >= 4 is 6.09 Å². The van der Waals surface area contributed by atoms with Crippen LogP contribution < -0.4 is 5.32 Å². The molecule has 3 nitrogen and oxygen atoms in total. The largest absolute Gasteiger partial charge is 0.444 e. The van der Waals surface area contributed by atoms with Crippen LogP contribution >= 0.6 is 0 Å². The quantitative estimate of drug-likeness (QED) is 0.710. The minimum atomic E-state index is -0.769. The zero-order chi connectivity index (χ0) is 10.8. The summed E-state index contributed by atoms with van der Waals surface area (Å²) in [6, 6.07) is -0.0557. The first kappa shape index (κ1) is 11.3. The Morgan fingerprint density at radius 1 is 1.43 bits per heavy atom. The smallest absolute Gasteiger partial charge is 0.407 e. The summed E-state index contributed by atoms with van der Waals surface area (Å²) in [6.07, 6.45) is 0.451. The highest BCUT2D eigenvalue weighted by Gasteiger charge is 2.27. The monoisotopic (exact) mass is 203 g/mol. The van der Waals surface area contributed by atoms with Gasteiger partial charge in [0.2, 0.25) is 0 Å². The molecule has 1 rings (SSSR count). The summed E-state index contributed by atoms with van der Waals surface area (Å²) in [5.74, 6) is 0. The van der Waals surface area contributed by atoms with E-state index >= 15 is 0 Å². The standard InChI is InChI=1S/C10H18FNO2/c1-10(2,3)14-9(13)12-8-5-4-7(11)6-8/h7-8H,4-6H2,1-3H3,(H,12,13)/t7-,8+/m0/s1. The predicted molar refractivity (Wildman–Crippen MR) is 51.9 cm³/mol. The summed E-state index contributed by atoms with van der Waals surface area (Å²) in [6.45, 7) is 5.41. The van der Waals surface area contributed by atoms with Gasteiger partial charge >= 0.3 is 6.09 Å². The number of rotatable bonds is 1. The highest BCUT2D eigenvalue weighted by atomic mass is 19.1. The SMILES string of the molecule is CC(C)(C)OC(=O)N[C@@H]1CC[C@H](F)C1. The lowest BCUT2D eigenvalue weighted by molar-refractivity contribution is 0.0504. The first-order chi connectivity index (χ1) is 6.37. The second-order valence-corrected chi connectivity index (χ2v) is 4.75. The molecule has 0 heterocycles. The van der Waals surface area contributed by atoms with Gasteiger partial charge in [0.05, 0.1) is 0 Å². The summed E-state index contributed by atoms with van der Waals surface area (Å²) in [7, 11) is 0. The number of ether oxygens (including phenoxy) is 1. The topological polar surface area (TPSA) is 38.3 Å². The maximum Gasteiger partial charge on any atom is 0.407 e. The van der Waals surface area contributed by atoms with Crippen molar-refractivity contribution in [3.05, 3.63) is 0 Å². The zero-order valence-corrected chi connectivity index (χ0v) is 8.97. The highest BCUT2D eigenvalue weighted by Crippen LogP contribution is 2.22. The Balaban J connectivity index is 2.27. The first-order valence-corrected chi connectivity index (χ1v) is 5.00. The van der Waals surface area contributed by atoms with Crippen molar-refractivity contribution in [2.45, 2.75) is 57.8 Å². The molecule has 0 aromatic rings. The molecule has 0 bridgehead atoms. The Bertz CT molecular complexity index is 213. The second kappa shape index (κ2) is 4.15. The highest BCUT2D eigenvalue weighted by molar-refractivity contribution is 5.68. The molecule has 1 saturated carbocycles. The lowest BCUT2D eigenvalue weighted by Crippen LogP contribution is -2.38. The van der Waals surface area contributed by atoms with Crippen molar-refractivity contribution in [2.75, 3.05) is 0 Å². The minimum Gasteiger partial charge on any atom is -0.444 e. The molecule has 0 unspecified atom stereocenters. The molecule has 0 aromatic heterocycles. The molecule has 14 heavy (non-hydrogen) atoms. The third-order valence-corrected chi connectivity index (χ3v) is 2.09. The number of carbonyl (C=O) groups excluding carboxylic acids is 1. The number of carbonyl (C=O) groups is 1. The van der Waals surface area contributed by atoms with Crippen LogP contribution in [0.15, 0.2) is 0 Å². The number of nitrogens with one attached hydrogen (secondary N) is 1. The van der Waals surface area contributed by atoms with Gasteiger partial charge in [0.25, 0.3) is 0 Å². The molecule has 0 aliphatic heterocycles. The van der Waals surface area contributed by atoms with Crippen molar-refractivity contribution in [1.82, 2.24) is 5.32 Å².